The standard InChI is InChI=1S/C19H28N4O5S.C18H26N4O5S.C18H25N3O6S.C13H18N4O4S.C13H17N3O5S.C12H15N3O4S/c1-8(2)9(3)19(26)27-7-12-13(24)14(25)18(28-12)23-11(5)29-15-16(20-6)21-10(4)22-17(15)23;1-7(2)8(3)18(25)26-6-11-12(23)13(24)17(27-11)22-10(5)28-14-15(19)20-9(4)21-16(14)22;1-7(2)8(3)18(25)26-6-11-12(22)13(23)17(27-11)21-10(5)28-14-15(21)19-9(4)20-16(14)24;1-5-15-11(14-3)10-12(16-5)17(6(2)22-10)13-9(20)8(19)7(4-18)21-13;1-5-14-11-10(12(15-5)20-3)22-6(2)16(11)13-9(19)8(18)7(4-17)21-13;1-5-13-3-8-11(14-5)15(6(2)20-8)12-10(18)9(17)7(4-16)19-12/h8-9,12-14,18,24-25H,5,7H2,1-4,6H3,(H,20,21,22);7-8,11-13,17,23-24H,5-6H2,1-4H3,(H2,19,20,21);7-8,11-13,17,22-23H,5-6H2,1-4H3,(H,19,20,24);7-9,13,18-20H,2,4H2,1,3H3,(H,14,15,16);7-9,13,17-19H,2,4H2,1,3H3;3,7,9-10,12,16-18H,2,4H2,1H3/t9-,12+,13+,14+,18+;2*8-,11+,12+,13+,17+;2*7-,8-,9-,13-;7-,9-,10-,12-/m000111/s1. The number of nitrogens with one attached hydrogen (secondary N) is 3. The van der Waals surface area contributed by atoms with Gasteiger partial charge in [-0.05, 0) is 59.3 Å². The molecule has 12 aliphatic rings. The quantitative estimate of drug-likeness (QED) is 0.0305. The minimum Gasteiger partial charge on any atom is -0.480 e. The topological polar surface area (TPSA) is 691 Å². The van der Waals surface area contributed by atoms with E-state index in [9.17, 15) is 90.7 Å². The first kappa shape index (κ1) is 116. The number of nitrogens with zero attached hydrogens (tertiary/aromatic N) is 17. The lowest BCUT2D eigenvalue weighted by Gasteiger charge is -2.28. The summed E-state index contributed by atoms with van der Waals surface area (Å²) in [6.07, 6.45) is -23.3. The van der Waals surface area contributed by atoms with Crippen LogP contribution in [0.1, 0.15) is 97.3 Å². The SMILES string of the molecule is C=C1Sc2c(N)nc(C)nc2N1[C@@H]1O[C@H](COC(=O)[C@@H](C)C(C)C)[C@@H](O)[C@H]1O.C=C1Sc2c(NC)nc(C)nc2N1[C@@H]1O[C@H](CO)[C@@H](O)[C@H]1O.C=C1Sc2c(NC)nc(C)nc2N1[C@@H]1O[C@H](COC(=O)[C@@H](C)C(C)C)[C@@H](O)[C@H]1O.C=C1Sc2c(OC)nc(C)nc2N1[C@@H]1O[C@H](CO)[C@@H](O)[C@H]1O.C=C1Sc2c(nc(C)[nH]c2=O)N1[C@@H]1O[C@H](COC(=O)[C@@H](C)C(C)C)[C@@H](O)[C@H]1O.C=C1Sc2cnc(C)nc2N1[C@@H]1O[C@H](CO)[C@@H](O)[C@H]1O. The highest BCUT2D eigenvalue weighted by Crippen LogP contribution is 2.56. The summed E-state index contributed by atoms with van der Waals surface area (Å²) in [5, 5.41) is 160. The van der Waals surface area contributed by atoms with Gasteiger partial charge in [-0.15, -0.1) is 0 Å². The van der Waals surface area contributed by atoms with Crippen molar-refractivity contribution >= 4 is 141 Å². The number of esters is 3. The van der Waals surface area contributed by atoms with Crippen molar-refractivity contribution in [2.24, 2.45) is 35.5 Å². The van der Waals surface area contributed by atoms with E-state index >= 15 is 0 Å². The number of aliphatic hydroxyl groups is 15. The normalized spacial score (nSPS) is 29.3. The molecule has 6 saturated heterocycles. The van der Waals surface area contributed by atoms with Crippen molar-refractivity contribution in [3.63, 3.8) is 0 Å². The van der Waals surface area contributed by atoms with Gasteiger partial charge in [0, 0.05) is 20.3 Å². The first-order valence-corrected chi connectivity index (χ1v) is 52.3. The fraction of sp³-hybridized carbons (Fsp3) is 0.581. The zero-order chi connectivity index (χ0) is 109. The van der Waals surface area contributed by atoms with Crippen molar-refractivity contribution in [3.8, 4) is 5.88 Å². The molecule has 56 heteroatoms. The van der Waals surface area contributed by atoms with E-state index in [1.54, 1.807) is 107 Å². The number of hydrogen-bond donors (Lipinski definition) is 19. The van der Waals surface area contributed by atoms with Crippen molar-refractivity contribution in [2.75, 3.05) is 107 Å². The van der Waals surface area contributed by atoms with Crippen LogP contribution in [0.3, 0.4) is 0 Å². The molecule has 0 aromatic carbocycles. The predicted molar refractivity (Wildman–Crippen MR) is 549 cm³/mol. The molecule has 0 bridgehead atoms. The maximum Gasteiger partial charge on any atom is 0.309 e. The molecule has 0 aliphatic carbocycles. The number of H-pyrrole nitrogens is 1. The van der Waals surface area contributed by atoms with Crippen molar-refractivity contribution < 1.29 is 138 Å². The largest absolute Gasteiger partial charge is 0.480 e. The third-order valence-electron chi connectivity index (χ3n) is 26.0. The fourth-order valence-electron chi connectivity index (χ4n) is 16.7. The number of anilines is 9. The van der Waals surface area contributed by atoms with Gasteiger partial charge in [0.05, 0.1) is 94.4 Å². The van der Waals surface area contributed by atoms with E-state index in [4.69, 9.17) is 58.2 Å². The summed E-state index contributed by atoms with van der Waals surface area (Å²) >= 11 is 7.80. The van der Waals surface area contributed by atoms with Crippen LogP contribution in [0.5, 0.6) is 5.88 Å². The fourth-order valence-corrected chi connectivity index (χ4v) is 22.4. The third-order valence-corrected chi connectivity index (χ3v) is 32.0. The van der Waals surface area contributed by atoms with Crippen molar-refractivity contribution in [3.05, 3.63) is 121 Å². The second-order valence-electron chi connectivity index (χ2n) is 37.2. The Morgan fingerprint density at radius 2 is 0.644 bits per heavy atom. The number of aromatic nitrogens is 12. The van der Waals surface area contributed by atoms with E-state index in [0.717, 1.165) is 26.4 Å². The smallest absolute Gasteiger partial charge is 0.309 e. The highest BCUT2D eigenvalue weighted by Gasteiger charge is 2.57. The Morgan fingerprint density at radius 1 is 0.376 bits per heavy atom. The summed E-state index contributed by atoms with van der Waals surface area (Å²) in [6, 6.07) is 0. The van der Waals surface area contributed by atoms with E-state index < -0.39 is 147 Å². The lowest BCUT2D eigenvalue weighted by molar-refractivity contribution is -0.155. The number of aromatic amines is 1. The van der Waals surface area contributed by atoms with Gasteiger partial charge in [-0.25, -0.2) is 49.8 Å². The minimum absolute atomic E-state index is 0.120. The number of aliphatic hydroxyl groups excluding tert-OH is 15. The number of aryl methyl sites for hydroxylation is 6. The molecule has 6 aromatic heterocycles. The Kier molecular flexibility index (Phi) is 38.1. The summed E-state index contributed by atoms with van der Waals surface area (Å²) < 4.78 is 55.3. The average molecular weight is 2200 g/mol. The third kappa shape index (κ3) is 24.2. The van der Waals surface area contributed by atoms with Gasteiger partial charge in [-0.3, -0.25) is 48.6 Å². The van der Waals surface area contributed by atoms with Crippen LogP contribution in [0.4, 0.5) is 52.4 Å². The van der Waals surface area contributed by atoms with E-state index in [1.807, 2.05) is 41.5 Å². The van der Waals surface area contributed by atoms with Gasteiger partial charge >= 0.3 is 17.9 Å². The van der Waals surface area contributed by atoms with Crippen LogP contribution in [0.2, 0.25) is 0 Å². The van der Waals surface area contributed by atoms with E-state index in [-0.39, 0.29) is 98.6 Å². The molecule has 0 amide bonds. The number of rotatable bonds is 24. The molecular formula is C93H129N21O29S6. The Labute approximate surface area is 883 Å². The second kappa shape index (κ2) is 48.8. The molecule has 0 radical (unpaired) electrons. The molecule has 0 spiro atoms. The number of nitrogen functional groups attached to an aromatic ring is 1. The second-order valence-corrected chi connectivity index (χ2v) is 43.7. The first-order valence-electron chi connectivity index (χ1n) is 47.4. The predicted octanol–water partition coefficient (Wildman–Crippen LogP) is 2.14. The van der Waals surface area contributed by atoms with E-state index in [1.165, 1.54) is 70.8 Å². The Balaban J connectivity index is 0.000000150. The molecule has 27 atom stereocenters. The van der Waals surface area contributed by atoms with Crippen LogP contribution in [-0.4, -0.2) is 362 Å². The zero-order valence-corrected chi connectivity index (χ0v) is 89.8. The number of ether oxygens (including phenoxy) is 10. The number of carbonyl (C=O) groups is 3. The number of hydrogen-bond acceptors (Lipinski definition) is 55. The lowest BCUT2D eigenvalue weighted by Crippen LogP contribution is -2.42. The molecule has 18 heterocycles. The maximum absolute atomic E-state index is 12.1. The van der Waals surface area contributed by atoms with Gasteiger partial charge < -0.3 is 145 Å². The molecule has 6 fully saturated rings. The number of thioether (sulfide) groups is 6. The van der Waals surface area contributed by atoms with Crippen LogP contribution in [0, 0.1) is 77.0 Å². The monoisotopic (exact) mass is 2200 g/mol. The minimum atomic E-state index is -1.30. The summed E-state index contributed by atoms with van der Waals surface area (Å²) in [4.78, 5) is 112. The van der Waals surface area contributed by atoms with Gasteiger partial charge in [0.25, 0.3) is 5.56 Å². The number of fused-ring (bicyclic) bond motifs is 6. The molecule has 816 valence electrons. The molecular weight excluding hydrogens is 2070 g/mol. The van der Waals surface area contributed by atoms with E-state index in [2.05, 4.69) is 110 Å². The molecule has 12 aliphatic heterocycles. The maximum atomic E-state index is 12.1. The van der Waals surface area contributed by atoms with Crippen molar-refractivity contribution in [1.82, 2.24) is 59.8 Å². The highest BCUT2D eigenvalue weighted by molar-refractivity contribution is 8.05. The molecule has 0 unspecified atom stereocenters. The van der Waals surface area contributed by atoms with Crippen LogP contribution in [0.25, 0.3) is 0 Å². The number of carbonyl (C=O) groups excluding carboxylic acids is 3. The molecule has 0 saturated carbocycles. The zero-order valence-electron chi connectivity index (χ0n) is 84.9. The van der Waals surface area contributed by atoms with Gasteiger partial charge in [0.1, 0.15) is 192 Å². The summed E-state index contributed by atoms with van der Waals surface area (Å²) in [6.45, 7) is 49.4. The van der Waals surface area contributed by atoms with Crippen LogP contribution >= 0.6 is 70.6 Å². The summed E-state index contributed by atoms with van der Waals surface area (Å²) in [5.41, 5.74) is 5.66. The van der Waals surface area contributed by atoms with Crippen LogP contribution < -0.4 is 56.1 Å². The summed E-state index contributed by atoms with van der Waals surface area (Å²) in [7, 11) is 5.04. The molecule has 50 nitrogen and oxygen atoms in total. The highest BCUT2D eigenvalue weighted by atomic mass is 32.2. The summed E-state index contributed by atoms with van der Waals surface area (Å²) in [5.74, 6) is 6.62. The Morgan fingerprint density at radius 3 is 0.966 bits per heavy atom. The molecule has 149 heavy (non-hydrogen) atoms. The first-order chi connectivity index (χ1) is 70.3. The van der Waals surface area contributed by atoms with Gasteiger partial charge in [0.15, 0.2) is 72.3 Å². The lowest BCUT2D eigenvalue weighted by atomic mass is 9.99. The number of nitrogens with two attached hydrogens (primary N) is 1. The van der Waals surface area contributed by atoms with Gasteiger partial charge in [-0.2, -0.15) is 4.98 Å². The molecule has 18 rings (SSSR count). The van der Waals surface area contributed by atoms with Crippen molar-refractivity contribution in [1.29, 1.82) is 0 Å². The van der Waals surface area contributed by atoms with E-state index in [0.29, 0.717) is 138 Å². The molecule has 20 N–H and O–H groups in total. The van der Waals surface area contributed by atoms with Crippen molar-refractivity contribution in [2.45, 2.75) is 280 Å². The average Bonchev–Trinajstić information content (AvgIpc) is 1.62. The number of methoxy groups -OCH3 is 1. The molecule has 6 aromatic rings. The van der Waals surface area contributed by atoms with Crippen LogP contribution in [0.15, 0.2) is 110 Å². The Hall–Kier alpha value is -9.61. The van der Waals surface area contributed by atoms with Gasteiger partial charge in [-0.1, -0.05) is 172 Å². The Bertz CT molecular complexity index is 5930. The van der Waals surface area contributed by atoms with Gasteiger partial charge in [0.2, 0.25) is 5.88 Å². The van der Waals surface area contributed by atoms with Crippen LogP contribution in [-0.2, 0) is 57.0 Å².